The second-order valence-corrected chi connectivity index (χ2v) is 5.80. The minimum atomic E-state index is -0.572. The van der Waals surface area contributed by atoms with Gasteiger partial charge < -0.3 is 10.4 Å². The molecule has 1 aliphatic heterocycles. The van der Waals surface area contributed by atoms with Gasteiger partial charge in [-0.2, -0.15) is 0 Å². The fourth-order valence-corrected chi connectivity index (χ4v) is 2.70. The molecule has 0 aromatic heterocycles. The van der Waals surface area contributed by atoms with Crippen LogP contribution in [0.5, 0.6) is 5.75 Å². The second-order valence-electron chi connectivity index (χ2n) is 5.80. The normalized spacial score (nSPS) is 17.7. The predicted octanol–water partition coefficient (Wildman–Crippen LogP) is 2.75. The Morgan fingerprint density at radius 3 is 2.48 bits per heavy atom. The summed E-state index contributed by atoms with van der Waals surface area (Å²) in [7, 11) is 0. The molecular weight excluding hydrogens is 292 g/mol. The summed E-state index contributed by atoms with van der Waals surface area (Å²) in [4.78, 5) is 26.0. The molecule has 1 atom stereocenters. The van der Waals surface area contributed by atoms with Crippen LogP contribution in [0, 0.1) is 13.8 Å². The highest BCUT2D eigenvalue weighted by Crippen LogP contribution is 2.27. The van der Waals surface area contributed by atoms with E-state index in [1.165, 1.54) is 17.0 Å². The number of benzene rings is 2. The van der Waals surface area contributed by atoms with Crippen molar-refractivity contribution in [2.24, 2.45) is 0 Å². The largest absolute Gasteiger partial charge is 0.508 e. The average molecular weight is 310 g/mol. The third-order valence-corrected chi connectivity index (χ3v) is 3.98. The van der Waals surface area contributed by atoms with Gasteiger partial charge in [-0.15, -0.1) is 0 Å². The maximum atomic E-state index is 12.6. The highest BCUT2D eigenvalue weighted by atomic mass is 16.3. The summed E-state index contributed by atoms with van der Waals surface area (Å²) in [5.41, 5.74) is 3.45. The van der Waals surface area contributed by atoms with Crippen LogP contribution in [0.3, 0.4) is 0 Å². The lowest BCUT2D eigenvalue weighted by molar-refractivity contribution is -0.121. The van der Waals surface area contributed by atoms with E-state index in [9.17, 15) is 14.7 Å². The number of hydrogen-bond donors (Lipinski definition) is 2. The van der Waals surface area contributed by atoms with Crippen molar-refractivity contribution in [3.63, 3.8) is 0 Å². The molecule has 0 bridgehead atoms. The van der Waals surface area contributed by atoms with E-state index < -0.39 is 6.04 Å². The standard InChI is InChI=1S/C18H18N2O3/c1-11-3-4-12(2)15(9-11)19-16-10-17(22)20(18(16)23)13-5-7-14(21)8-6-13/h3-9,16,19,21H,10H2,1-2H3. The molecule has 2 aromatic carbocycles. The van der Waals surface area contributed by atoms with Crippen LogP contribution in [0.4, 0.5) is 11.4 Å². The van der Waals surface area contributed by atoms with Crippen LogP contribution in [0.15, 0.2) is 42.5 Å². The van der Waals surface area contributed by atoms with Crippen molar-refractivity contribution < 1.29 is 14.7 Å². The van der Waals surface area contributed by atoms with Gasteiger partial charge >= 0.3 is 0 Å². The average Bonchev–Trinajstić information content (AvgIpc) is 2.79. The lowest BCUT2D eigenvalue weighted by Gasteiger charge is -2.17. The number of rotatable bonds is 3. The molecule has 5 heteroatoms. The van der Waals surface area contributed by atoms with Gasteiger partial charge in [0, 0.05) is 5.69 Å². The van der Waals surface area contributed by atoms with E-state index in [0.717, 1.165) is 16.8 Å². The highest BCUT2D eigenvalue weighted by Gasteiger charge is 2.39. The maximum Gasteiger partial charge on any atom is 0.256 e. The third kappa shape index (κ3) is 2.90. The van der Waals surface area contributed by atoms with Crippen LogP contribution >= 0.6 is 0 Å². The third-order valence-electron chi connectivity index (χ3n) is 3.98. The molecule has 0 saturated carbocycles. The zero-order valence-corrected chi connectivity index (χ0v) is 13.0. The van der Waals surface area contributed by atoms with Crippen molar-refractivity contribution in [3.05, 3.63) is 53.6 Å². The fourth-order valence-electron chi connectivity index (χ4n) is 2.70. The first-order valence-electron chi connectivity index (χ1n) is 7.45. The van der Waals surface area contributed by atoms with Crippen LogP contribution in [0.25, 0.3) is 0 Å². The number of aromatic hydroxyl groups is 1. The molecule has 0 spiro atoms. The molecule has 0 aliphatic carbocycles. The minimum absolute atomic E-state index is 0.0953. The SMILES string of the molecule is Cc1ccc(C)c(NC2CC(=O)N(c3ccc(O)cc3)C2=O)c1. The molecule has 1 unspecified atom stereocenters. The van der Waals surface area contributed by atoms with Crippen LogP contribution in [-0.2, 0) is 9.59 Å². The first kappa shape index (κ1) is 15.1. The molecule has 23 heavy (non-hydrogen) atoms. The van der Waals surface area contributed by atoms with E-state index in [0.29, 0.717) is 5.69 Å². The van der Waals surface area contributed by atoms with Gasteiger partial charge in [-0.05, 0) is 55.3 Å². The summed E-state index contributed by atoms with van der Waals surface area (Å²) in [6.45, 7) is 3.94. The van der Waals surface area contributed by atoms with Crippen molar-refractivity contribution in [2.75, 3.05) is 10.2 Å². The van der Waals surface area contributed by atoms with Crippen LogP contribution in [0.2, 0.25) is 0 Å². The van der Waals surface area contributed by atoms with E-state index in [4.69, 9.17) is 0 Å². The number of carbonyl (C=O) groups excluding carboxylic acids is 2. The van der Waals surface area contributed by atoms with Crippen molar-refractivity contribution >= 4 is 23.2 Å². The summed E-state index contributed by atoms with van der Waals surface area (Å²) in [5, 5.41) is 12.5. The van der Waals surface area contributed by atoms with Crippen molar-refractivity contribution in [1.82, 2.24) is 0 Å². The van der Waals surface area contributed by atoms with Crippen molar-refractivity contribution in [1.29, 1.82) is 0 Å². The zero-order valence-electron chi connectivity index (χ0n) is 13.0. The van der Waals surface area contributed by atoms with Gasteiger partial charge in [0.1, 0.15) is 11.8 Å². The highest BCUT2D eigenvalue weighted by molar-refractivity contribution is 6.23. The van der Waals surface area contributed by atoms with Gasteiger partial charge in [-0.3, -0.25) is 9.59 Å². The number of amides is 2. The van der Waals surface area contributed by atoms with Gasteiger partial charge in [0.2, 0.25) is 5.91 Å². The number of imide groups is 1. The number of hydrogen-bond acceptors (Lipinski definition) is 4. The molecule has 2 amide bonds. The molecule has 2 N–H and O–H groups in total. The van der Waals surface area contributed by atoms with E-state index in [1.54, 1.807) is 12.1 Å². The summed E-state index contributed by atoms with van der Waals surface area (Å²) < 4.78 is 0. The number of aryl methyl sites for hydroxylation is 2. The summed E-state index contributed by atoms with van der Waals surface area (Å²) in [5.74, 6) is -0.428. The van der Waals surface area contributed by atoms with Crippen molar-refractivity contribution in [3.8, 4) is 5.75 Å². The molecule has 118 valence electrons. The first-order valence-corrected chi connectivity index (χ1v) is 7.45. The zero-order chi connectivity index (χ0) is 16.6. The minimum Gasteiger partial charge on any atom is -0.508 e. The Kier molecular flexibility index (Phi) is 3.78. The lowest BCUT2D eigenvalue weighted by Crippen LogP contribution is -2.34. The number of nitrogens with one attached hydrogen (secondary N) is 1. The van der Waals surface area contributed by atoms with Gasteiger partial charge in [0.05, 0.1) is 12.1 Å². The van der Waals surface area contributed by atoms with E-state index in [-0.39, 0.29) is 24.0 Å². The maximum absolute atomic E-state index is 12.6. The van der Waals surface area contributed by atoms with Gasteiger partial charge in [0.25, 0.3) is 5.91 Å². The first-order chi connectivity index (χ1) is 11.0. The Morgan fingerprint density at radius 1 is 1.09 bits per heavy atom. The van der Waals surface area contributed by atoms with Gasteiger partial charge in [0.15, 0.2) is 0 Å². The van der Waals surface area contributed by atoms with Crippen molar-refractivity contribution in [2.45, 2.75) is 26.3 Å². The van der Waals surface area contributed by atoms with E-state index in [2.05, 4.69) is 5.32 Å². The molecule has 1 saturated heterocycles. The second kappa shape index (κ2) is 5.76. The lowest BCUT2D eigenvalue weighted by atomic mass is 10.1. The Balaban J connectivity index is 1.83. The number of carbonyl (C=O) groups is 2. The quantitative estimate of drug-likeness (QED) is 0.855. The Bertz CT molecular complexity index is 768. The fraction of sp³-hybridized carbons (Fsp3) is 0.222. The molecular formula is C18H18N2O3. The van der Waals surface area contributed by atoms with E-state index >= 15 is 0 Å². The molecule has 1 aliphatic rings. The predicted molar refractivity (Wildman–Crippen MR) is 88.5 cm³/mol. The monoisotopic (exact) mass is 310 g/mol. The molecule has 0 radical (unpaired) electrons. The number of phenols is 1. The summed E-state index contributed by atoms with van der Waals surface area (Å²) in [6.07, 6.45) is 0.118. The van der Waals surface area contributed by atoms with Crippen LogP contribution in [-0.4, -0.2) is 23.0 Å². The Labute approximate surface area is 134 Å². The molecule has 1 heterocycles. The van der Waals surface area contributed by atoms with Crippen LogP contribution in [0.1, 0.15) is 17.5 Å². The summed E-state index contributed by atoms with van der Waals surface area (Å²) in [6, 6.07) is 11.4. The molecule has 2 aromatic rings. The summed E-state index contributed by atoms with van der Waals surface area (Å²) >= 11 is 0. The Hall–Kier alpha value is -2.82. The number of nitrogens with zero attached hydrogens (tertiary/aromatic N) is 1. The number of anilines is 2. The molecule has 1 fully saturated rings. The molecule has 5 nitrogen and oxygen atoms in total. The van der Waals surface area contributed by atoms with Gasteiger partial charge in [-0.1, -0.05) is 12.1 Å². The number of phenolic OH excluding ortho intramolecular Hbond substituents is 1. The Morgan fingerprint density at radius 2 is 1.78 bits per heavy atom. The topological polar surface area (TPSA) is 69.6 Å². The van der Waals surface area contributed by atoms with E-state index in [1.807, 2.05) is 32.0 Å². The smallest absolute Gasteiger partial charge is 0.256 e. The van der Waals surface area contributed by atoms with Gasteiger partial charge in [-0.25, -0.2) is 4.90 Å². The molecule has 3 rings (SSSR count). The van der Waals surface area contributed by atoms with Crippen LogP contribution < -0.4 is 10.2 Å².